The van der Waals surface area contributed by atoms with E-state index in [0.29, 0.717) is 0 Å². The summed E-state index contributed by atoms with van der Waals surface area (Å²) in [7, 11) is 0. The molecule has 9 heteroatoms. The molecule has 0 aromatic heterocycles. The molecule has 0 unspecified atom stereocenters. The van der Waals surface area contributed by atoms with Crippen LogP contribution < -0.4 is 0 Å². The van der Waals surface area contributed by atoms with Crippen LogP contribution in [0, 0.1) is 11.8 Å². The highest BCUT2D eigenvalue weighted by Gasteiger charge is 2.71. The van der Waals surface area contributed by atoms with Gasteiger partial charge in [-0.05, 0) is 18.4 Å². The summed E-state index contributed by atoms with van der Waals surface area (Å²) >= 11 is 0. The molecule has 5 N–H and O–H groups in total. The van der Waals surface area contributed by atoms with E-state index in [9.17, 15) is 25.5 Å². The number of epoxide rings is 1. The molecule has 1 aliphatic carbocycles. The first-order chi connectivity index (χ1) is 11.5. The van der Waals surface area contributed by atoms with Crippen molar-refractivity contribution in [3.05, 3.63) is 12.3 Å². The molecule has 0 radical (unpaired) electrons. The molecule has 3 aliphatic heterocycles. The second-order valence-corrected chi connectivity index (χ2v) is 6.81. The molecule has 9 nitrogen and oxygen atoms in total. The van der Waals surface area contributed by atoms with Gasteiger partial charge in [-0.25, -0.2) is 0 Å². The van der Waals surface area contributed by atoms with Crippen LogP contribution in [0.25, 0.3) is 0 Å². The van der Waals surface area contributed by atoms with Gasteiger partial charge in [0.15, 0.2) is 6.29 Å². The minimum Gasteiger partial charge on any atom is -0.472 e. The third kappa shape index (κ3) is 2.31. The third-order valence-electron chi connectivity index (χ3n) is 5.56. The topological polar surface area (TPSA) is 141 Å². The van der Waals surface area contributed by atoms with Gasteiger partial charge < -0.3 is 44.5 Å². The van der Waals surface area contributed by atoms with Crippen molar-refractivity contribution in [1.82, 2.24) is 0 Å². The second kappa shape index (κ2) is 5.89. The molecule has 0 aromatic rings. The zero-order chi connectivity index (χ0) is 17.1. The van der Waals surface area contributed by atoms with E-state index >= 15 is 0 Å². The van der Waals surface area contributed by atoms with Crippen molar-refractivity contribution in [2.45, 2.75) is 55.1 Å². The van der Waals surface area contributed by atoms with E-state index in [1.165, 1.54) is 6.26 Å². The smallest absolute Gasteiger partial charge is 0.208 e. The SMILES string of the molecule is OC[C@H]1O[C@H](O[C@@H]2OC=C[C@H]3C[C@@H]4O[C@]4(CO)[C@@H]23)[C@H](O)[C@@H](O)[C@@H]1O. The molecule has 24 heavy (non-hydrogen) atoms. The lowest BCUT2D eigenvalue weighted by atomic mass is 9.86. The molecule has 0 spiro atoms. The minimum absolute atomic E-state index is 0.0512. The Kier molecular flexibility index (Phi) is 4.09. The van der Waals surface area contributed by atoms with Gasteiger partial charge in [0.25, 0.3) is 0 Å². The zero-order valence-electron chi connectivity index (χ0n) is 12.8. The molecule has 136 valence electrons. The van der Waals surface area contributed by atoms with Crippen molar-refractivity contribution in [3.8, 4) is 0 Å². The van der Waals surface area contributed by atoms with E-state index < -0.39 is 49.2 Å². The summed E-state index contributed by atoms with van der Waals surface area (Å²) in [4.78, 5) is 0. The Hall–Kier alpha value is -0.780. The van der Waals surface area contributed by atoms with E-state index in [-0.39, 0.29) is 24.5 Å². The van der Waals surface area contributed by atoms with Gasteiger partial charge in [-0.3, -0.25) is 0 Å². The molecule has 2 saturated heterocycles. The lowest BCUT2D eigenvalue weighted by Gasteiger charge is -2.42. The largest absolute Gasteiger partial charge is 0.472 e. The van der Waals surface area contributed by atoms with Crippen LogP contribution in [0.2, 0.25) is 0 Å². The fraction of sp³-hybridized carbons (Fsp3) is 0.867. The molecular weight excluding hydrogens is 324 g/mol. The van der Waals surface area contributed by atoms with Gasteiger partial charge >= 0.3 is 0 Å². The van der Waals surface area contributed by atoms with E-state index in [1.807, 2.05) is 6.08 Å². The summed E-state index contributed by atoms with van der Waals surface area (Å²) in [5, 5.41) is 48.7. The normalized spacial score (nSPS) is 55.6. The van der Waals surface area contributed by atoms with E-state index in [1.54, 1.807) is 0 Å². The molecular formula is C15H22O9. The lowest BCUT2D eigenvalue weighted by Crippen LogP contribution is -2.60. The standard InChI is InChI=1S/C15H22O9/c16-4-7-10(18)11(19)12(20)14(22-7)23-13-9-6(1-2-21-13)3-8-15(9,5-17)24-8/h1-2,6-14,16-20H,3-5H2/t6-,7+,8-,9+,10+,11-,12+,13-,14+,15-/m0/s1. The molecule has 10 atom stereocenters. The molecule has 4 aliphatic rings. The number of hydrogen-bond donors (Lipinski definition) is 5. The highest BCUT2D eigenvalue weighted by molar-refractivity contribution is 5.20. The van der Waals surface area contributed by atoms with Crippen LogP contribution in [0.5, 0.6) is 0 Å². The van der Waals surface area contributed by atoms with Gasteiger partial charge in [0, 0.05) is 0 Å². The van der Waals surface area contributed by atoms with Gasteiger partial charge in [-0.2, -0.15) is 0 Å². The Bertz CT molecular complexity index is 507. The Balaban J connectivity index is 1.51. The first-order valence-electron chi connectivity index (χ1n) is 8.08. The first-order valence-corrected chi connectivity index (χ1v) is 8.08. The average Bonchev–Trinajstić information content (AvgIpc) is 3.20. The quantitative estimate of drug-likeness (QED) is 0.348. The van der Waals surface area contributed by atoms with Crippen LogP contribution in [0.1, 0.15) is 6.42 Å². The summed E-state index contributed by atoms with van der Waals surface area (Å²) < 4.78 is 22.2. The Morgan fingerprint density at radius 3 is 2.58 bits per heavy atom. The Morgan fingerprint density at radius 2 is 1.88 bits per heavy atom. The van der Waals surface area contributed by atoms with Crippen molar-refractivity contribution < 1.29 is 44.5 Å². The fourth-order valence-electron chi connectivity index (χ4n) is 4.14. The Morgan fingerprint density at radius 1 is 1.08 bits per heavy atom. The molecule has 4 rings (SSSR count). The van der Waals surface area contributed by atoms with Crippen molar-refractivity contribution >= 4 is 0 Å². The number of fused-ring (bicyclic) bond motifs is 3. The van der Waals surface area contributed by atoms with Gasteiger partial charge in [-0.1, -0.05) is 0 Å². The van der Waals surface area contributed by atoms with Gasteiger partial charge in [0.2, 0.25) is 6.29 Å². The van der Waals surface area contributed by atoms with Crippen LogP contribution >= 0.6 is 0 Å². The third-order valence-corrected chi connectivity index (χ3v) is 5.56. The van der Waals surface area contributed by atoms with Crippen LogP contribution in [0.15, 0.2) is 12.3 Å². The van der Waals surface area contributed by atoms with Gasteiger partial charge in [0.1, 0.15) is 30.0 Å². The first kappa shape index (κ1) is 16.7. The maximum Gasteiger partial charge on any atom is 0.208 e. The predicted molar refractivity (Wildman–Crippen MR) is 75.2 cm³/mol. The van der Waals surface area contributed by atoms with Crippen LogP contribution in [-0.2, 0) is 18.9 Å². The summed E-state index contributed by atoms with van der Waals surface area (Å²) in [6.07, 6.45) is -3.55. The van der Waals surface area contributed by atoms with Crippen molar-refractivity contribution in [2.24, 2.45) is 11.8 Å². The zero-order valence-corrected chi connectivity index (χ0v) is 12.8. The molecule has 3 heterocycles. The molecule has 0 bridgehead atoms. The van der Waals surface area contributed by atoms with Crippen LogP contribution in [0.3, 0.4) is 0 Å². The summed E-state index contributed by atoms with van der Waals surface area (Å²) in [5.74, 6) is -0.163. The van der Waals surface area contributed by atoms with E-state index in [2.05, 4.69) is 0 Å². The fourth-order valence-corrected chi connectivity index (χ4v) is 4.14. The monoisotopic (exact) mass is 346 g/mol. The summed E-state index contributed by atoms with van der Waals surface area (Å²) in [5.41, 5.74) is -0.714. The van der Waals surface area contributed by atoms with Crippen molar-refractivity contribution in [2.75, 3.05) is 13.2 Å². The second-order valence-electron chi connectivity index (χ2n) is 6.81. The minimum atomic E-state index is -1.52. The number of rotatable bonds is 4. The number of allylic oxidation sites excluding steroid dienone is 1. The highest BCUT2D eigenvalue weighted by Crippen LogP contribution is 2.59. The molecule has 3 fully saturated rings. The summed E-state index contributed by atoms with van der Waals surface area (Å²) in [6.45, 7) is -0.696. The molecule has 0 aromatic carbocycles. The van der Waals surface area contributed by atoms with Gasteiger partial charge in [0.05, 0.1) is 31.5 Å². The predicted octanol–water partition coefficient (Wildman–Crippen LogP) is -2.56. The maximum atomic E-state index is 10.1. The van der Waals surface area contributed by atoms with Gasteiger partial charge in [-0.15, -0.1) is 0 Å². The number of ether oxygens (including phenoxy) is 4. The molecule has 0 amide bonds. The summed E-state index contributed by atoms with van der Waals surface area (Å²) in [6, 6.07) is 0. The Labute approximate surface area is 138 Å². The van der Waals surface area contributed by atoms with Crippen LogP contribution in [0.4, 0.5) is 0 Å². The van der Waals surface area contributed by atoms with E-state index in [0.717, 1.165) is 6.42 Å². The highest BCUT2D eigenvalue weighted by atomic mass is 16.8. The number of hydrogen-bond acceptors (Lipinski definition) is 9. The molecule has 1 saturated carbocycles. The average molecular weight is 346 g/mol. The van der Waals surface area contributed by atoms with E-state index in [4.69, 9.17) is 18.9 Å². The van der Waals surface area contributed by atoms with Crippen LogP contribution in [-0.4, -0.2) is 87.4 Å². The van der Waals surface area contributed by atoms with Crippen molar-refractivity contribution in [1.29, 1.82) is 0 Å². The number of aliphatic hydroxyl groups is 5. The maximum absolute atomic E-state index is 10.1. The number of aliphatic hydroxyl groups excluding tert-OH is 5. The lowest BCUT2D eigenvalue weighted by molar-refractivity contribution is -0.343. The van der Waals surface area contributed by atoms with Crippen molar-refractivity contribution in [3.63, 3.8) is 0 Å².